The Bertz CT molecular complexity index is 148. The van der Waals surface area contributed by atoms with Crippen molar-refractivity contribution in [3.63, 3.8) is 0 Å². The molecule has 0 nitrogen and oxygen atoms in total. The predicted octanol–water partition coefficient (Wildman–Crippen LogP) is 4.89. The van der Waals surface area contributed by atoms with Crippen molar-refractivity contribution >= 4 is 0 Å². The van der Waals surface area contributed by atoms with Crippen LogP contribution in [0.25, 0.3) is 0 Å². The van der Waals surface area contributed by atoms with Crippen molar-refractivity contribution in [2.75, 3.05) is 0 Å². The number of rotatable bonds is 4. The second-order valence-electron chi connectivity index (χ2n) is 5.98. The zero-order valence-electron chi connectivity index (χ0n) is 10.6. The fourth-order valence-corrected chi connectivity index (χ4v) is 2.95. The zero-order valence-corrected chi connectivity index (χ0v) is 10.6. The number of hydrogen-bond acceptors (Lipinski definition) is 0. The Labute approximate surface area is 90.5 Å². The Kier molecular flexibility index (Phi) is 4.98. The first-order valence-corrected chi connectivity index (χ1v) is 6.59. The van der Waals surface area contributed by atoms with Crippen LogP contribution < -0.4 is 0 Å². The summed E-state index contributed by atoms with van der Waals surface area (Å²) < 4.78 is 0. The van der Waals surface area contributed by atoms with E-state index >= 15 is 0 Å². The van der Waals surface area contributed by atoms with E-state index in [1.165, 1.54) is 38.5 Å². The third-order valence-electron chi connectivity index (χ3n) is 3.97. The third-order valence-corrected chi connectivity index (χ3v) is 3.97. The SMILES string of the molecule is CC(C)CCCC1CCC(C)CC1C. The molecular weight excluding hydrogens is 168 g/mol. The van der Waals surface area contributed by atoms with Crippen LogP contribution in [0.2, 0.25) is 0 Å². The maximum Gasteiger partial charge on any atom is -0.0388 e. The molecular formula is C14H28. The molecule has 0 saturated heterocycles. The molecule has 0 heteroatoms. The highest BCUT2D eigenvalue weighted by molar-refractivity contribution is 4.75. The van der Waals surface area contributed by atoms with Crippen LogP contribution in [0.5, 0.6) is 0 Å². The van der Waals surface area contributed by atoms with Gasteiger partial charge >= 0.3 is 0 Å². The van der Waals surface area contributed by atoms with Gasteiger partial charge in [-0.2, -0.15) is 0 Å². The molecule has 0 spiro atoms. The summed E-state index contributed by atoms with van der Waals surface area (Å²) in [5.41, 5.74) is 0. The summed E-state index contributed by atoms with van der Waals surface area (Å²) in [7, 11) is 0. The summed E-state index contributed by atoms with van der Waals surface area (Å²) >= 11 is 0. The molecule has 3 unspecified atom stereocenters. The average molecular weight is 196 g/mol. The maximum atomic E-state index is 2.47. The van der Waals surface area contributed by atoms with Crippen molar-refractivity contribution in [1.29, 1.82) is 0 Å². The molecule has 1 rings (SSSR count). The average Bonchev–Trinajstić information content (AvgIpc) is 2.08. The highest BCUT2D eigenvalue weighted by atomic mass is 14.3. The third kappa shape index (κ3) is 4.02. The maximum absolute atomic E-state index is 2.47. The first-order valence-electron chi connectivity index (χ1n) is 6.59. The highest BCUT2D eigenvalue weighted by Gasteiger charge is 2.24. The van der Waals surface area contributed by atoms with Crippen LogP contribution in [0.4, 0.5) is 0 Å². The number of hydrogen-bond donors (Lipinski definition) is 0. The van der Waals surface area contributed by atoms with Gasteiger partial charge in [0.1, 0.15) is 0 Å². The monoisotopic (exact) mass is 196 g/mol. The van der Waals surface area contributed by atoms with Gasteiger partial charge in [-0.1, -0.05) is 53.4 Å². The van der Waals surface area contributed by atoms with E-state index in [2.05, 4.69) is 27.7 Å². The minimum atomic E-state index is 0.896. The van der Waals surface area contributed by atoms with E-state index in [0.29, 0.717) is 0 Å². The minimum Gasteiger partial charge on any atom is -0.0628 e. The van der Waals surface area contributed by atoms with Gasteiger partial charge < -0.3 is 0 Å². The molecule has 84 valence electrons. The van der Waals surface area contributed by atoms with E-state index in [0.717, 1.165) is 23.7 Å². The summed E-state index contributed by atoms with van der Waals surface area (Å²) in [4.78, 5) is 0. The molecule has 1 aliphatic carbocycles. The zero-order chi connectivity index (χ0) is 10.6. The standard InChI is InChI=1S/C14H28/c1-11(2)6-5-7-14-9-8-12(3)10-13(14)4/h11-14H,5-10H2,1-4H3. The quantitative estimate of drug-likeness (QED) is 0.601. The van der Waals surface area contributed by atoms with Gasteiger partial charge in [-0.05, 0) is 36.5 Å². The molecule has 0 radical (unpaired) electrons. The molecule has 0 aromatic carbocycles. The Morgan fingerprint density at radius 2 is 1.86 bits per heavy atom. The normalized spacial score (nSPS) is 33.6. The van der Waals surface area contributed by atoms with Crippen molar-refractivity contribution < 1.29 is 0 Å². The largest absolute Gasteiger partial charge is 0.0628 e. The van der Waals surface area contributed by atoms with Gasteiger partial charge in [-0.3, -0.25) is 0 Å². The van der Waals surface area contributed by atoms with E-state index in [1.54, 1.807) is 0 Å². The fraction of sp³-hybridized carbons (Fsp3) is 1.00. The molecule has 0 N–H and O–H groups in total. The molecule has 1 saturated carbocycles. The summed E-state index contributed by atoms with van der Waals surface area (Å²) in [5, 5.41) is 0. The van der Waals surface area contributed by atoms with Crippen LogP contribution in [0.1, 0.15) is 66.2 Å². The van der Waals surface area contributed by atoms with E-state index in [9.17, 15) is 0 Å². The molecule has 0 bridgehead atoms. The van der Waals surface area contributed by atoms with E-state index in [-0.39, 0.29) is 0 Å². The molecule has 0 heterocycles. The van der Waals surface area contributed by atoms with Gasteiger partial charge in [-0.15, -0.1) is 0 Å². The smallest absolute Gasteiger partial charge is 0.0388 e. The Morgan fingerprint density at radius 1 is 1.14 bits per heavy atom. The van der Waals surface area contributed by atoms with Crippen molar-refractivity contribution in [1.82, 2.24) is 0 Å². The lowest BCUT2D eigenvalue weighted by Gasteiger charge is -2.32. The molecule has 3 atom stereocenters. The molecule has 14 heavy (non-hydrogen) atoms. The van der Waals surface area contributed by atoms with Crippen molar-refractivity contribution in [3.8, 4) is 0 Å². The van der Waals surface area contributed by atoms with Crippen molar-refractivity contribution in [3.05, 3.63) is 0 Å². The van der Waals surface area contributed by atoms with E-state index < -0.39 is 0 Å². The first-order chi connectivity index (χ1) is 6.59. The van der Waals surface area contributed by atoms with Crippen LogP contribution in [-0.4, -0.2) is 0 Å². The Morgan fingerprint density at radius 3 is 2.43 bits per heavy atom. The molecule has 0 aromatic rings. The summed E-state index contributed by atoms with van der Waals surface area (Å²) in [6, 6.07) is 0. The van der Waals surface area contributed by atoms with Gasteiger partial charge in [0.2, 0.25) is 0 Å². The van der Waals surface area contributed by atoms with Crippen molar-refractivity contribution in [2.24, 2.45) is 23.7 Å². The van der Waals surface area contributed by atoms with Gasteiger partial charge in [-0.25, -0.2) is 0 Å². The second kappa shape index (κ2) is 5.78. The van der Waals surface area contributed by atoms with Crippen molar-refractivity contribution in [2.45, 2.75) is 66.2 Å². The lowest BCUT2D eigenvalue weighted by atomic mass is 9.73. The molecule has 1 fully saturated rings. The van der Waals surface area contributed by atoms with Gasteiger partial charge in [0, 0.05) is 0 Å². The minimum absolute atomic E-state index is 0.896. The molecule has 0 aromatic heterocycles. The molecule has 0 aliphatic heterocycles. The topological polar surface area (TPSA) is 0 Å². The molecule has 1 aliphatic rings. The summed E-state index contributed by atoms with van der Waals surface area (Å²) in [6.45, 7) is 9.56. The summed E-state index contributed by atoms with van der Waals surface area (Å²) in [5.74, 6) is 3.93. The van der Waals surface area contributed by atoms with Crippen LogP contribution >= 0.6 is 0 Å². The first kappa shape index (κ1) is 12.1. The fourth-order valence-electron chi connectivity index (χ4n) is 2.95. The van der Waals surface area contributed by atoms with Crippen LogP contribution in [-0.2, 0) is 0 Å². The highest BCUT2D eigenvalue weighted by Crippen LogP contribution is 2.36. The lowest BCUT2D eigenvalue weighted by Crippen LogP contribution is -2.21. The van der Waals surface area contributed by atoms with E-state index in [4.69, 9.17) is 0 Å². The van der Waals surface area contributed by atoms with Gasteiger partial charge in [0.25, 0.3) is 0 Å². The second-order valence-corrected chi connectivity index (χ2v) is 5.98. The molecule has 0 amide bonds. The van der Waals surface area contributed by atoms with Crippen LogP contribution in [0, 0.1) is 23.7 Å². The lowest BCUT2D eigenvalue weighted by molar-refractivity contribution is 0.189. The van der Waals surface area contributed by atoms with E-state index in [1.807, 2.05) is 0 Å². The predicted molar refractivity (Wildman–Crippen MR) is 64.4 cm³/mol. The van der Waals surface area contributed by atoms with Gasteiger partial charge in [0.05, 0.1) is 0 Å². The van der Waals surface area contributed by atoms with Gasteiger partial charge in [0.15, 0.2) is 0 Å². The summed E-state index contributed by atoms with van der Waals surface area (Å²) in [6.07, 6.45) is 8.84. The Hall–Kier alpha value is 0. The van der Waals surface area contributed by atoms with Crippen LogP contribution in [0.15, 0.2) is 0 Å². The Balaban J connectivity index is 2.17. The van der Waals surface area contributed by atoms with Crippen LogP contribution in [0.3, 0.4) is 0 Å².